The lowest BCUT2D eigenvalue weighted by Gasteiger charge is -2.22. The van der Waals surface area contributed by atoms with Gasteiger partial charge in [-0.25, -0.2) is 0 Å². The van der Waals surface area contributed by atoms with Crippen LogP contribution in [0.2, 0.25) is 0 Å². The van der Waals surface area contributed by atoms with Crippen LogP contribution in [-0.4, -0.2) is 29.3 Å². The number of aromatic nitrogens is 1. The Bertz CT molecular complexity index is 403. The van der Waals surface area contributed by atoms with Gasteiger partial charge in [-0.2, -0.15) is 0 Å². The Morgan fingerprint density at radius 1 is 1.44 bits per heavy atom. The zero-order valence-electron chi connectivity index (χ0n) is 12.0. The maximum Gasteiger partial charge on any atom is 0.128 e. The fraction of sp³-hybridized carbons (Fsp3) is 0.643. The Balaban J connectivity index is 2.69. The van der Waals surface area contributed by atoms with Gasteiger partial charge in [0.25, 0.3) is 0 Å². The minimum atomic E-state index is -0.664. The van der Waals surface area contributed by atoms with E-state index in [4.69, 9.17) is 4.74 Å². The van der Waals surface area contributed by atoms with E-state index in [9.17, 15) is 5.11 Å². The first kappa shape index (κ1) is 14.9. The highest BCUT2D eigenvalue weighted by Crippen LogP contribution is 2.23. The summed E-state index contributed by atoms with van der Waals surface area (Å²) in [6.07, 6.45) is 2.55. The van der Waals surface area contributed by atoms with Gasteiger partial charge in [0.15, 0.2) is 0 Å². The van der Waals surface area contributed by atoms with Gasteiger partial charge in [-0.15, -0.1) is 0 Å². The number of aliphatic hydroxyl groups is 1. The van der Waals surface area contributed by atoms with Crippen molar-refractivity contribution in [1.82, 2.24) is 10.3 Å². The van der Waals surface area contributed by atoms with Gasteiger partial charge in [0, 0.05) is 30.4 Å². The van der Waals surface area contributed by atoms with E-state index in [2.05, 4.69) is 10.3 Å². The van der Waals surface area contributed by atoms with Gasteiger partial charge in [-0.1, -0.05) is 6.92 Å². The molecule has 1 aromatic heterocycles. The highest BCUT2D eigenvalue weighted by Gasteiger charge is 2.17. The second-order valence-corrected chi connectivity index (χ2v) is 5.00. The Kier molecular flexibility index (Phi) is 5.11. The van der Waals surface area contributed by atoms with Gasteiger partial charge in [-0.3, -0.25) is 4.98 Å². The smallest absolute Gasteiger partial charge is 0.128 e. The van der Waals surface area contributed by atoms with E-state index in [1.54, 1.807) is 7.11 Å². The number of nitrogens with zero attached hydrogens (tertiary/aromatic N) is 1. The first-order chi connectivity index (χ1) is 8.41. The average Bonchev–Trinajstić information content (AvgIpc) is 2.33. The standard InChI is InChI=1S/C14H24N2O2/c1-6-14(4,17)9-15-8-12-11(3)13(18-5)10(2)7-16-12/h7,15,17H,6,8-9H2,1-5H3. The second kappa shape index (κ2) is 6.16. The van der Waals surface area contributed by atoms with Crippen LogP contribution in [-0.2, 0) is 6.54 Å². The highest BCUT2D eigenvalue weighted by atomic mass is 16.5. The molecule has 1 atom stereocenters. The molecular weight excluding hydrogens is 228 g/mol. The van der Waals surface area contributed by atoms with Crippen molar-refractivity contribution in [3.05, 3.63) is 23.0 Å². The molecule has 4 heteroatoms. The van der Waals surface area contributed by atoms with E-state index >= 15 is 0 Å². The van der Waals surface area contributed by atoms with Crippen molar-refractivity contribution in [1.29, 1.82) is 0 Å². The third kappa shape index (κ3) is 3.68. The van der Waals surface area contributed by atoms with Crippen LogP contribution in [0.4, 0.5) is 0 Å². The van der Waals surface area contributed by atoms with Crippen molar-refractivity contribution in [3.63, 3.8) is 0 Å². The maximum absolute atomic E-state index is 9.91. The molecule has 0 aliphatic rings. The van der Waals surface area contributed by atoms with Crippen molar-refractivity contribution >= 4 is 0 Å². The van der Waals surface area contributed by atoms with Crippen molar-refractivity contribution < 1.29 is 9.84 Å². The third-order valence-electron chi connectivity index (χ3n) is 3.31. The van der Waals surface area contributed by atoms with Crippen molar-refractivity contribution in [2.45, 2.75) is 46.3 Å². The van der Waals surface area contributed by atoms with Gasteiger partial charge in [-0.05, 0) is 27.2 Å². The lowest BCUT2D eigenvalue weighted by Crippen LogP contribution is -2.37. The number of hydrogen-bond acceptors (Lipinski definition) is 4. The molecule has 1 unspecified atom stereocenters. The van der Waals surface area contributed by atoms with E-state index in [0.29, 0.717) is 13.1 Å². The van der Waals surface area contributed by atoms with Crippen LogP contribution in [0.1, 0.15) is 37.1 Å². The number of ether oxygens (including phenoxy) is 1. The minimum absolute atomic E-state index is 0.556. The molecule has 102 valence electrons. The number of methoxy groups -OCH3 is 1. The molecule has 4 nitrogen and oxygen atoms in total. The molecule has 0 aliphatic heterocycles. The first-order valence-corrected chi connectivity index (χ1v) is 6.33. The summed E-state index contributed by atoms with van der Waals surface area (Å²) in [7, 11) is 1.68. The van der Waals surface area contributed by atoms with Crippen molar-refractivity contribution in [2.75, 3.05) is 13.7 Å². The molecule has 1 heterocycles. The molecule has 0 aliphatic carbocycles. The van der Waals surface area contributed by atoms with Gasteiger partial charge in [0.05, 0.1) is 18.4 Å². The number of nitrogens with one attached hydrogen (secondary N) is 1. The summed E-state index contributed by atoms with van der Waals surface area (Å²) in [6.45, 7) is 8.99. The highest BCUT2D eigenvalue weighted by molar-refractivity contribution is 5.40. The largest absolute Gasteiger partial charge is 0.496 e. The summed E-state index contributed by atoms with van der Waals surface area (Å²) >= 11 is 0. The fourth-order valence-electron chi connectivity index (χ4n) is 1.82. The van der Waals surface area contributed by atoms with Crippen LogP contribution in [0.25, 0.3) is 0 Å². The zero-order chi connectivity index (χ0) is 13.8. The van der Waals surface area contributed by atoms with Gasteiger partial charge >= 0.3 is 0 Å². The summed E-state index contributed by atoms with van der Waals surface area (Å²) < 4.78 is 5.37. The molecule has 0 radical (unpaired) electrons. The Morgan fingerprint density at radius 2 is 2.11 bits per heavy atom. The maximum atomic E-state index is 9.91. The summed E-state index contributed by atoms with van der Waals surface area (Å²) in [4.78, 5) is 4.41. The number of rotatable bonds is 6. The Morgan fingerprint density at radius 3 is 2.67 bits per heavy atom. The predicted octanol–water partition coefficient (Wildman–Crippen LogP) is 1.96. The fourth-order valence-corrected chi connectivity index (χ4v) is 1.82. The predicted molar refractivity (Wildman–Crippen MR) is 72.9 cm³/mol. The van der Waals surface area contributed by atoms with E-state index in [1.165, 1.54) is 0 Å². The summed E-state index contributed by atoms with van der Waals surface area (Å²) in [5.41, 5.74) is 2.40. The SMILES string of the molecule is CCC(C)(O)CNCc1ncc(C)c(OC)c1C. The molecule has 1 rings (SSSR count). The second-order valence-electron chi connectivity index (χ2n) is 5.00. The molecule has 0 spiro atoms. The van der Waals surface area contributed by atoms with E-state index < -0.39 is 5.60 Å². The molecule has 0 bridgehead atoms. The van der Waals surface area contributed by atoms with Crippen LogP contribution in [0.3, 0.4) is 0 Å². The van der Waals surface area contributed by atoms with Gasteiger partial charge in [0.1, 0.15) is 5.75 Å². The number of aryl methyl sites for hydroxylation is 1. The summed E-state index contributed by atoms with van der Waals surface area (Å²) in [5.74, 6) is 0.893. The summed E-state index contributed by atoms with van der Waals surface area (Å²) in [5, 5.41) is 13.1. The Labute approximate surface area is 109 Å². The topological polar surface area (TPSA) is 54.4 Å². The molecule has 0 amide bonds. The zero-order valence-corrected chi connectivity index (χ0v) is 12.0. The van der Waals surface area contributed by atoms with Crippen LogP contribution < -0.4 is 10.1 Å². The molecule has 18 heavy (non-hydrogen) atoms. The normalized spacial score (nSPS) is 14.3. The van der Waals surface area contributed by atoms with Crippen molar-refractivity contribution in [3.8, 4) is 5.75 Å². The number of pyridine rings is 1. The van der Waals surface area contributed by atoms with E-state index in [0.717, 1.165) is 29.0 Å². The monoisotopic (exact) mass is 252 g/mol. The minimum Gasteiger partial charge on any atom is -0.496 e. The number of hydrogen-bond donors (Lipinski definition) is 2. The van der Waals surface area contributed by atoms with Crippen LogP contribution in [0, 0.1) is 13.8 Å². The summed E-state index contributed by atoms with van der Waals surface area (Å²) in [6, 6.07) is 0. The molecule has 0 fully saturated rings. The van der Waals surface area contributed by atoms with Gasteiger partial charge in [0.2, 0.25) is 0 Å². The Hall–Kier alpha value is -1.13. The van der Waals surface area contributed by atoms with Crippen LogP contribution in [0.5, 0.6) is 5.75 Å². The van der Waals surface area contributed by atoms with E-state index in [-0.39, 0.29) is 0 Å². The van der Waals surface area contributed by atoms with Crippen molar-refractivity contribution in [2.24, 2.45) is 0 Å². The molecule has 0 saturated carbocycles. The molecule has 0 saturated heterocycles. The molecule has 2 N–H and O–H groups in total. The quantitative estimate of drug-likeness (QED) is 0.812. The lowest BCUT2D eigenvalue weighted by molar-refractivity contribution is 0.0554. The van der Waals surface area contributed by atoms with Crippen LogP contribution in [0.15, 0.2) is 6.20 Å². The lowest BCUT2D eigenvalue weighted by atomic mass is 10.0. The third-order valence-corrected chi connectivity index (χ3v) is 3.31. The van der Waals surface area contributed by atoms with Crippen LogP contribution >= 0.6 is 0 Å². The molecular formula is C14H24N2O2. The molecule has 0 aromatic carbocycles. The van der Waals surface area contributed by atoms with Gasteiger partial charge < -0.3 is 15.2 Å². The molecule has 1 aromatic rings. The first-order valence-electron chi connectivity index (χ1n) is 6.33. The van der Waals surface area contributed by atoms with E-state index in [1.807, 2.05) is 33.9 Å². The average molecular weight is 252 g/mol.